The lowest BCUT2D eigenvalue weighted by Crippen LogP contribution is -2.40. The van der Waals surface area contributed by atoms with Crippen LogP contribution in [0.2, 0.25) is 5.02 Å². The number of aliphatic hydroxyl groups excluding tert-OH is 1. The van der Waals surface area contributed by atoms with E-state index in [0.29, 0.717) is 46.7 Å². The number of aromatic nitrogens is 3. The van der Waals surface area contributed by atoms with Crippen LogP contribution in [0.5, 0.6) is 0 Å². The largest absolute Gasteiger partial charge is 0.384 e. The number of halogens is 1. The predicted octanol–water partition coefficient (Wildman–Crippen LogP) is 3.29. The van der Waals surface area contributed by atoms with Crippen LogP contribution in [0.3, 0.4) is 0 Å². The van der Waals surface area contributed by atoms with E-state index in [9.17, 15) is 14.7 Å². The number of likely N-dealkylation sites (tertiary alicyclic amines) is 1. The van der Waals surface area contributed by atoms with Crippen LogP contribution in [0.15, 0.2) is 36.4 Å². The van der Waals surface area contributed by atoms with Gasteiger partial charge in [-0.3, -0.25) is 9.59 Å². The smallest absolute Gasteiger partial charge is 0.251 e. The van der Waals surface area contributed by atoms with E-state index in [0.717, 1.165) is 15.7 Å². The molecule has 5 rings (SSSR count). The first-order valence-corrected chi connectivity index (χ1v) is 12.1. The average molecular weight is 499 g/mol. The summed E-state index contributed by atoms with van der Waals surface area (Å²) in [6.07, 6.45) is -0.387. The Morgan fingerprint density at radius 3 is 2.82 bits per heavy atom. The van der Waals surface area contributed by atoms with Crippen LogP contribution < -0.4 is 10.6 Å². The highest BCUT2D eigenvalue weighted by Crippen LogP contribution is 2.31. The van der Waals surface area contributed by atoms with Crippen LogP contribution in [-0.2, 0) is 11.8 Å². The number of imidazole rings is 1. The van der Waals surface area contributed by atoms with E-state index in [1.54, 1.807) is 17.0 Å². The van der Waals surface area contributed by atoms with E-state index in [-0.39, 0.29) is 17.9 Å². The number of anilines is 2. The van der Waals surface area contributed by atoms with Gasteiger partial charge in [-0.2, -0.15) is 0 Å². The first-order chi connectivity index (χ1) is 16.3. The number of nitrogens with one attached hydrogen (secondary N) is 2. The van der Waals surface area contributed by atoms with Crippen molar-refractivity contribution in [3.63, 3.8) is 0 Å². The molecule has 2 atom stereocenters. The van der Waals surface area contributed by atoms with Crippen molar-refractivity contribution in [1.29, 1.82) is 0 Å². The number of hydrogen-bond acceptors (Lipinski definition) is 7. The number of benzene rings is 2. The van der Waals surface area contributed by atoms with Gasteiger partial charge in [-0.1, -0.05) is 22.9 Å². The Kier molecular flexibility index (Phi) is 5.88. The van der Waals surface area contributed by atoms with Gasteiger partial charge in [0.1, 0.15) is 6.10 Å². The molecule has 0 saturated carbocycles. The molecule has 176 valence electrons. The van der Waals surface area contributed by atoms with E-state index >= 15 is 0 Å². The lowest BCUT2D eigenvalue weighted by atomic mass is 10.1. The Labute approximate surface area is 204 Å². The molecule has 0 spiro atoms. The minimum absolute atomic E-state index is 0.153. The summed E-state index contributed by atoms with van der Waals surface area (Å²) in [7, 11) is 1.90. The summed E-state index contributed by atoms with van der Waals surface area (Å²) in [5.74, 6) is 0.0742. The average Bonchev–Trinajstić information content (AvgIpc) is 3.50. The zero-order valence-corrected chi connectivity index (χ0v) is 20.2. The molecule has 2 amide bonds. The third-order valence-corrected chi connectivity index (χ3v) is 7.07. The van der Waals surface area contributed by atoms with Gasteiger partial charge < -0.3 is 25.2 Å². The number of carbonyl (C=O) groups excluding carboxylic acids is 2. The van der Waals surface area contributed by atoms with Crippen molar-refractivity contribution in [2.45, 2.75) is 25.5 Å². The second-order valence-corrected chi connectivity index (χ2v) is 9.84. The molecule has 0 bridgehead atoms. The second kappa shape index (κ2) is 8.86. The Balaban J connectivity index is 1.31. The van der Waals surface area contributed by atoms with Crippen LogP contribution in [0, 0.1) is 0 Å². The molecular weight excluding hydrogens is 476 g/mol. The quantitative estimate of drug-likeness (QED) is 0.389. The van der Waals surface area contributed by atoms with Crippen molar-refractivity contribution >= 4 is 67.1 Å². The van der Waals surface area contributed by atoms with Gasteiger partial charge in [-0.25, -0.2) is 9.97 Å². The molecule has 0 aliphatic carbocycles. The Morgan fingerprint density at radius 2 is 2.03 bits per heavy atom. The van der Waals surface area contributed by atoms with E-state index in [1.165, 1.54) is 18.3 Å². The number of fused-ring (bicyclic) bond motifs is 2. The van der Waals surface area contributed by atoms with Crippen LogP contribution in [0.25, 0.3) is 21.3 Å². The van der Waals surface area contributed by atoms with Crippen molar-refractivity contribution in [2.75, 3.05) is 18.4 Å². The van der Waals surface area contributed by atoms with Crippen molar-refractivity contribution in [3.05, 3.63) is 47.0 Å². The number of carbonyl (C=O) groups is 2. The number of amides is 2. The van der Waals surface area contributed by atoms with Gasteiger partial charge in [0, 0.05) is 36.8 Å². The minimum Gasteiger partial charge on any atom is -0.384 e. The molecule has 34 heavy (non-hydrogen) atoms. The van der Waals surface area contributed by atoms with Crippen molar-refractivity contribution in [1.82, 2.24) is 24.8 Å². The van der Waals surface area contributed by atoms with Crippen molar-refractivity contribution in [2.24, 2.45) is 7.05 Å². The second-order valence-electron chi connectivity index (χ2n) is 8.37. The predicted molar refractivity (Wildman–Crippen MR) is 133 cm³/mol. The molecule has 2 aromatic carbocycles. The maximum absolute atomic E-state index is 12.8. The topological polar surface area (TPSA) is 112 Å². The molecule has 1 aliphatic heterocycles. The molecular formula is C23H23ClN6O3S. The summed E-state index contributed by atoms with van der Waals surface area (Å²) in [6, 6.07) is 10.8. The van der Waals surface area contributed by atoms with Crippen LogP contribution >= 0.6 is 22.9 Å². The van der Waals surface area contributed by atoms with Gasteiger partial charge in [0.2, 0.25) is 5.95 Å². The van der Waals surface area contributed by atoms with Crippen LogP contribution in [-0.4, -0.2) is 61.6 Å². The maximum Gasteiger partial charge on any atom is 0.251 e. The molecule has 9 nitrogen and oxygen atoms in total. The number of hydrogen-bond donors (Lipinski definition) is 3. The maximum atomic E-state index is 12.8. The Morgan fingerprint density at radius 1 is 1.21 bits per heavy atom. The standard InChI is InChI=1S/C23H23ClN6O3S/c1-12(31)21(33)30-8-7-15(11-30)25-20(32)13-3-6-18-17(9-13)26-22(29(18)2)28-23-27-16-5-4-14(24)10-19(16)34-23/h3-6,9-10,12,15,31H,7-8,11H2,1-2H3,(H,25,32)(H,26,27,28)/t12-,15+/m0/s1. The van der Waals surface area contributed by atoms with Gasteiger partial charge in [-0.15, -0.1) is 0 Å². The van der Waals surface area contributed by atoms with E-state index in [1.807, 2.05) is 35.9 Å². The third-order valence-electron chi connectivity index (χ3n) is 5.90. The van der Waals surface area contributed by atoms with E-state index < -0.39 is 6.10 Å². The molecule has 1 saturated heterocycles. The number of nitrogens with zero attached hydrogens (tertiary/aromatic N) is 4. The summed E-state index contributed by atoms with van der Waals surface area (Å²) in [6.45, 7) is 2.36. The first kappa shape index (κ1) is 22.6. The monoisotopic (exact) mass is 498 g/mol. The lowest BCUT2D eigenvalue weighted by Gasteiger charge is -2.18. The fourth-order valence-corrected chi connectivity index (χ4v) is 5.25. The fourth-order valence-electron chi connectivity index (χ4n) is 4.11. The van der Waals surface area contributed by atoms with Crippen molar-refractivity contribution in [3.8, 4) is 0 Å². The van der Waals surface area contributed by atoms with E-state index in [2.05, 4.69) is 20.6 Å². The summed E-state index contributed by atoms with van der Waals surface area (Å²) < 4.78 is 2.89. The summed E-state index contributed by atoms with van der Waals surface area (Å²) in [4.78, 5) is 35.6. The van der Waals surface area contributed by atoms with Gasteiger partial charge in [0.05, 0.1) is 21.3 Å². The van der Waals surface area contributed by atoms with Crippen LogP contribution in [0.4, 0.5) is 11.1 Å². The highest BCUT2D eigenvalue weighted by molar-refractivity contribution is 7.22. The van der Waals surface area contributed by atoms with Gasteiger partial charge >= 0.3 is 0 Å². The number of aryl methyl sites for hydroxylation is 1. The Hall–Kier alpha value is -3.21. The highest BCUT2D eigenvalue weighted by Gasteiger charge is 2.29. The molecule has 2 aromatic heterocycles. The molecule has 3 heterocycles. The molecule has 0 unspecified atom stereocenters. The van der Waals surface area contributed by atoms with Gasteiger partial charge in [0.15, 0.2) is 5.13 Å². The molecule has 1 fully saturated rings. The normalized spacial score (nSPS) is 16.8. The molecule has 4 aromatic rings. The lowest BCUT2D eigenvalue weighted by molar-refractivity contribution is -0.138. The molecule has 1 aliphatic rings. The molecule has 3 N–H and O–H groups in total. The van der Waals surface area contributed by atoms with Crippen LogP contribution in [0.1, 0.15) is 23.7 Å². The molecule has 11 heteroatoms. The zero-order chi connectivity index (χ0) is 24.0. The first-order valence-electron chi connectivity index (χ1n) is 10.9. The van der Waals surface area contributed by atoms with E-state index in [4.69, 9.17) is 11.6 Å². The number of thiazole rings is 1. The summed E-state index contributed by atoms with van der Waals surface area (Å²) in [5.41, 5.74) is 2.90. The molecule has 0 radical (unpaired) electrons. The van der Waals surface area contributed by atoms with Gasteiger partial charge in [-0.05, 0) is 49.7 Å². The van der Waals surface area contributed by atoms with Crippen molar-refractivity contribution < 1.29 is 14.7 Å². The highest BCUT2D eigenvalue weighted by atomic mass is 35.5. The SMILES string of the molecule is C[C@H](O)C(=O)N1CC[C@@H](NC(=O)c2ccc3c(c2)nc(Nc2nc4ccc(Cl)cc4s2)n3C)C1. The Bertz CT molecular complexity index is 1410. The zero-order valence-electron chi connectivity index (χ0n) is 18.6. The minimum atomic E-state index is -1.04. The summed E-state index contributed by atoms with van der Waals surface area (Å²) in [5, 5.41) is 17.1. The summed E-state index contributed by atoms with van der Waals surface area (Å²) >= 11 is 7.56. The third kappa shape index (κ3) is 4.31. The number of aliphatic hydroxyl groups is 1. The number of rotatable bonds is 5. The van der Waals surface area contributed by atoms with Gasteiger partial charge in [0.25, 0.3) is 11.8 Å². The fraction of sp³-hybridized carbons (Fsp3) is 0.304.